The minimum absolute atomic E-state index is 0.113. The molecule has 2 aromatic rings. The van der Waals surface area contributed by atoms with Gasteiger partial charge >= 0.3 is 0 Å². The number of aromatic nitrogens is 1. The van der Waals surface area contributed by atoms with Crippen LogP contribution in [0.4, 0.5) is 0 Å². The van der Waals surface area contributed by atoms with Crippen LogP contribution >= 0.6 is 11.8 Å². The van der Waals surface area contributed by atoms with Gasteiger partial charge in [-0.05, 0) is 39.3 Å². The maximum atomic E-state index is 12.4. The van der Waals surface area contributed by atoms with Gasteiger partial charge in [0.05, 0.1) is 10.9 Å². The molecule has 19 heavy (non-hydrogen) atoms. The number of benzene rings is 1. The zero-order chi connectivity index (χ0) is 14.0. The molecule has 1 unspecified atom stereocenters. The van der Waals surface area contributed by atoms with Gasteiger partial charge in [-0.3, -0.25) is 4.79 Å². The third-order valence-corrected chi connectivity index (χ3v) is 3.86. The molecule has 4 heteroatoms. The maximum absolute atomic E-state index is 12.4. The molecule has 0 aliphatic heterocycles. The summed E-state index contributed by atoms with van der Waals surface area (Å²) < 4.78 is 5.27. The lowest BCUT2D eigenvalue weighted by Crippen LogP contribution is -2.15. The van der Waals surface area contributed by atoms with Crippen LogP contribution < -0.4 is 0 Å². The number of thioether (sulfide) groups is 1. The van der Waals surface area contributed by atoms with Gasteiger partial charge in [-0.25, -0.2) is 4.98 Å². The van der Waals surface area contributed by atoms with Gasteiger partial charge in [0, 0.05) is 5.56 Å². The second-order valence-electron chi connectivity index (χ2n) is 4.70. The first-order valence-electron chi connectivity index (χ1n) is 6.17. The van der Waals surface area contributed by atoms with Gasteiger partial charge in [0.15, 0.2) is 5.78 Å². The monoisotopic (exact) mass is 275 g/mol. The van der Waals surface area contributed by atoms with Crippen molar-refractivity contribution in [3.63, 3.8) is 0 Å². The van der Waals surface area contributed by atoms with Gasteiger partial charge in [0.1, 0.15) is 6.26 Å². The summed E-state index contributed by atoms with van der Waals surface area (Å²) in [5.74, 6) is 0.113. The number of hydrogen-bond acceptors (Lipinski definition) is 4. The van der Waals surface area contributed by atoms with Crippen LogP contribution in [0.15, 0.2) is 34.1 Å². The molecule has 0 spiro atoms. The highest BCUT2D eigenvalue weighted by molar-refractivity contribution is 8.00. The van der Waals surface area contributed by atoms with Crippen LogP contribution in [0.3, 0.4) is 0 Å². The smallest absolute Gasteiger partial charge is 0.256 e. The van der Waals surface area contributed by atoms with Crippen molar-refractivity contribution in [2.24, 2.45) is 0 Å². The molecular formula is C15H17NO2S. The Labute approximate surface area is 117 Å². The number of aryl methyl sites for hydroxylation is 3. The summed E-state index contributed by atoms with van der Waals surface area (Å²) in [4.78, 5) is 16.6. The lowest BCUT2D eigenvalue weighted by Gasteiger charge is -2.10. The highest BCUT2D eigenvalue weighted by atomic mass is 32.2. The van der Waals surface area contributed by atoms with Gasteiger partial charge < -0.3 is 4.42 Å². The van der Waals surface area contributed by atoms with Crippen LogP contribution in [0.25, 0.3) is 0 Å². The molecule has 0 radical (unpaired) electrons. The lowest BCUT2D eigenvalue weighted by atomic mass is 10.0. The highest BCUT2D eigenvalue weighted by Gasteiger charge is 2.20. The third kappa shape index (κ3) is 3.26. The molecule has 0 fully saturated rings. The van der Waals surface area contributed by atoms with E-state index in [9.17, 15) is 4.79 Å². The van der Waals surface area contributed by atoms with Crippen LogP contribution in [-0.2, 0) is 0 Å². The lowest BCUT2D eigenvalue weighted by molar-refractivity contribution is 0.0993. The number of ketones is 1. The van der Waals surface area contributed by atoms with E-state index in [1.165, 1.54) is 11.8 Å². The third-order valence-electron chi connectivity index (χ3n) is 2.90. The molecule has 0 N–H and O–H groups in total. The number of hydrogen-bond donors (Lipinski definition) is 0. The Morgan fingerprint density at radius 3 is 2.68 bits per heavy atom. The van der Waals surface area contributed by atoms with Crippen LogP contribution in [0.1, 0.15) is 34.1 Å². The average Bonchev–Trinajstić information content (AvgIpc) is 2.77. The summed E-state index contributed by atoms with van der Waals surface area (Å²) in [7, 11) is 0. The average molecular weight is 275 g/mol. The Morgan fingerprint density at radius 1 is 1.32 bits per heavy atom. The summed E-state index contributed by atoms with van der Waals surface area (Å²) in [6, 6.07) is 5.94. The van der Waals surface area contributed by atoms with Gasteiger partial charge in [-0.2, -0.15) is 0 Å². The molecule has 1 heterocycles. The van der Waals surface area contributed by atoms with Crippen molar-refractivity contribution in [1.29, 1.82) is 0 Å². The van der Waals surface area contributed by atoms with Crippen LogP contribution in [0.5, 0.6) is 0 Å². The largest absolute Gasteiger partial charge is 0.440 e. The van der Waals surface area contributed by atoms with Crippen molar-refractivity contribution in [3.05, 3.63) is 46.8 Å². The molecule has 1 atom stereocenters. The van der Waals surface area contributed by atoms with Gasteiger partial charge in [0.2, 0.25) is 0 Å². The van der Waals surface area contributed by atoms with Crippen molar-refractivity contribution >= 4 is 17.5 Å². The van der Waals surface area contributed by atoms with Gasteiger partial charge in [-0.15, -0.1) is 0 Å². The summed E-state index contributed by atoms with van der Waals surface area (Å²) in [6.45, 7) is 7.70. The fourth-order valence-corrected chi connectivity index (χ4v) is 2.65. The topological polar surface area (TPSA) is 43.1 Å². The van der Waals surface area contributed by atoms with E-state index >= 15 is 0 Å². The Balaban J connectivity index is 2.16. The van der Waals surface area contributed by atoms with E-state index in [1.807, 2.05) is 45.9 Å². The van der Waals surface area contributed by atoms with Crippen molar-refractivity contribution in [3.8, 4) is 0 Å². The number of carbonyl (C=O) groups excluding carboxylic acids is 1. The predicted octanol–water partition coefficient (Wildman–Crippen LogP) is 3.96. The molecule has 0 aliphatic carbocycles. The van der Waals surface area contributed by atoms with Gasteiger partial charge in [0.25, 0.3) is 5.22 Å². The predicted molar refractivity (Wildman–Crippen MR) is 76.8 cm³/mol. The quantitative estimate of drug-likeness (QED) is 0.625. The van der Waals surface area contributed by atoms with E-state index in [-0.39, 0.29) is 11.0 Å². The standard InChI is InChI=1S/C15H17NO2S/c1-9-5-6-10(2)13(7-9)14(17)12(4)19-15-16-11(3)8-18-15/h5-8,12H,1-4H3. The minimum atomic E-state index is -0.210. The fraction of sp³-hybridized carbons (Fsp3) is 0.333. The molecule has 1 aromatic carbocycles. The Morgan fingerprint density at radius 2 is 2.05 bits per heavy atom. The van der Waals surface area contributed by atoms with E-state index in [4.69, 9.17) is 4.42 Å². The van der Waals surface area contributed by atoms with Crippen LogP contribution in [0.2, 0.25) is 0 Å². The van der Waals surface area contributed by atoms with Crippen molar-refractivity contribution in [2.45, 2.75) is 38.2 Å². The van der Waals surface area contributed by atoms with Crippen LogP contribution in [0, 0.1) is 20.8 Å². The molecule has 0 saturated carbocycles. The van der Waals surface area contributed by atoms with Crippen LogP contribution in [-0.4, -0.2) is 16.0 Å². The fourth-order valence-electron chi connectivity index (χ4n) is 1.81. The molecule has 1 aromatic heterocycles. The highest BCUT2D eigenvalue weighted by Crippen LogP contribution is 2.26. The molecule has 0 saturated heterocycles. The van der Waals surface area contributed by atoms with Crippen molar-refractivity contribution in [2.75, 3.05) is 0 Å². The second kappa shape index (κ2) is 5.61. The Kier molecular flexibility index (Phi) is 4.10. The molecule has 0 amide bonds. The molecule has 0 aliphatic rings. The Bertz CT molecular complexity index is 604. The number of carbonyl (C=O) groups is 1. The van der Waals surface area contributed by atoms with E-state index in [0.717, 1.165) is 22.4 Å². The van der Waals surface area contributed by atoms with Gasteiger partial charge in [-0.1, -0.05) is 29.5 Å². The zero-order valence-electron chi connectivity index (χ0n) is 11.6. The summed E-state index contributed by atoms with van der Waals surface area (Å²) >= 11 is 1.35. The first-order valence-corrected chi connectivity index (χ1v) is 7.05. The number of nitrogens with zero attached hydrogens (tertiary/aromatic N) is 1. The Hall–Kier alpha value is -1.55. The maximum Gasteiger partial charge on any atom is 0.256 e. The second-order valence-corrected chi connectivity index (χ2v) is 5.99. The number of rotatable bonds is 4. The van der Waals surface area contributed by atoms with E-state index < -0.39 is 0 Å². The SMILES string of the molecule is Cc1ccc(C)c(C(=O)C(C)Sc2nc(C)co2)c1. The normalized spacial score (nSPS) is 12.4. The first-order chi connectivity index (χ1) is 8.97. The summed E-state index contributed by atoms with van der Waals surface area (Å²) in [5, 5.41) is 0.335. The van der Waals surface area contributed by atoms with Crippen molar-refractivity contribution < 1.29 is 9.21 Å². The minimum Gasteiger partial charge on any atom is -0.440 e. The molecule has 0 bridgehead atoms. The zero-order valence-corrected chi connectivity index (χ0v) is 12.4. The molecule has 2 rings (SSSR count). The molecular weight excluding hydrogens is 258 g/mol. The summed E-state index contributed by atoms with van der Waals surface area (Å²) in [5.41, 5.74) is 3.71. The first kappa shape index (κ1) is 13.9. The van der Waals surface area contributed by atoms with E-state index in [0.29, 0.717) is 5.22 Å². The molecule has 3 nitrogen and oxygen atoms in total. The molecule has 100 valence electrons. The number of oxazole rings is 1. The number of Topliss-reactive ketones (excluding diaryl/α,β-unsaturated/α-hetero) is 1. The summed E-state index contributed by atoms with van der Waals surface area (Å²) in [6.07, 6.45) is 1.59. The van der Waals surface area contributed by atoms with E-state index in [2.05, 4.69) is 4.98 Å². The van der Waals surface area contributed by atoms with E-state index in [1.54, 1.807) is 6.26 Å². The van der Waals surface area contributed by atoms with Crippen molar-refractivity contribution in [1.82, 2.24) is 4.98 Å².